The van der Waals surface area contributed by atoms with E-state index in [9.17, 15) is 31.2 Å². The van der Waals surface area contributed by atoms with Gasteiger partial charge in [-0.15, -0.1) is 0 Å². The van der Waals surface area contributed by atoms with Crippen molar-refractivity contribution in [1.29, 1.82) is 0 Å². The third-order valence-corrected chi connectivity index (χ3v) is 7.24. The monoisotopic (exact) mass is 498 g/mol. The van der Waals surface area contributed by atoms with Gasteiger partial charge in [0.2, 0.25) is 10.0 Å². The maximum absolute atomic E-state index is 13.1. The van der Waals surface area contributed by atoms with Crippen LogP contribution in [0.5, 0.6) is 0 Å². The van der Waals surface area contributed by atoms with Gasteiger partial charge < -0.3 is 10.1 Å². The van der Waals surface area contributed by atoms with Crippen LogP contribution >= 0.6 is 11.6 Å². The number of nitrogens with zero attached hydrogens (tertiary/aromatic N) is 1. The van der Waals surface area contributed by atoms with Crippen molar-refractivity contribution >= 4 is 33.5 Å². The van der Waals surface area contributed by atoms with E-state index in [1.54, 1.807) is 0 Å². The van der Waals surface area contributed by atoms with Crippen LogP contribution < -0.4 is 5.32 Å². The molecule has 0 bridgehead atoms. The van der Waals surface area contributed by atoms with Crippen molar-refractivity contribution in [2.75, 3.05) is 19.6 Å². The Morgan fingerprint density at radius 1 is 1.22 bits per heavy atom. The van der Waals surface area contributed by atoms with Gasteiger partial charge in [0.1, 0.15) is 0 Å². The van der Waals surface area contributed by atoms with Gasteiger partial charge in [0.05, 0.1) is 21.4 Å². The van der Waals surface area contributed by atoms with Crippen LogP contribution in [0, 0.1) is 11.8 Å². The third-order valence-electron chi connectivity index (χ3n) is 5.01. The average molecular weight is 499 g/mol. The molecule has 1 heterocycles. The zero-order valence-electron chi connectivity index (χ0n) is 17.9. The summed E-state index contributed by atoms with van der Waals surface area (Å²) in [6.45, 7) is 5.60. The van der Waals surface area contributed by atoms with Gasteiger partial charge in [0.15, 0.2) is 6.10 Å². The van der Waals surface area contributed by atoms with E-state index in [-0.39, 0.29) is 31.8 Å². The van der Waals surface area contributed by atoms with E-state index in [2.05, 4.69) is 5.32 Å². The summed E-state index contributed by atoms with van der Waals surface area (Å²) in [5.41, 5.74) is -1.23. The Hall–Kier alpha value is -1.85. The predicted molar refractivity (Wildman–Crippen MR) is 111 cm³/mol. The number of carbonyl (C=O) groups is 2. The minimum Gasteiger partial charge on any atom is -0.452 e. The number of rotatable bonds is 7. The van der Waals surface area contributed by atoms with Crippen molar-refractivity contribution in [3.05, 3.63) is 28.8 Å². The number of hydrogen-bond acceptors (Lipinski definition) is 5. The molecule has 0 radical (unpaired) electrons. The highest BCUT2D eigenvalue weighted by molar-refractivity contribution is 7.89. The van der Waals surface area contributed by atoms with Crippen molar-refractivity contribution in [3.63, 3.8) is 0 Å². The lowest BCUT2D eigenvalue weighted by Crippen LogP contribution is -2.42. The molecule has 0 aliphatic carbocycles. The molecule has 0 saturated carbocycles. The van der Waals surface area contributed by atoms with Crippen molar-refractivity contribution in [2.24, 2.45) is 11.8 Å². The molecule has 7 nitrogen and oxygen atoms in total. The summed E-state index contributed by atoms with van der Waals surface area (Å²) < 4.78 is 71.0. The molecule has 1 aromatic rings. The second-order valence-electron chi connectivity index (χ2n) is 8.04. The van der Waals surface area contributed by atoms with Crippen LogP contribution in [0.1, 0.15) is 39.2 Å². The zero-order valence-corrected chi connectivity index (χ0v) is 19.5. The number of benzene rings is 1. The van der Waals surface area contributed by atoms with Crippen LogP contribution in [0.4, 0.5) is 13.2 Å². The highest BCUT2D eigenvalue weighted by Gasteiger charge is 2.37. The van der Waals surface area contributed by atoms with Crippen LogP contribution in [0.25, 0.3) is 0 Å². The van der Waals surface area contributed by atoms with Crippen molar-refractivity contribution in [3.8, 4) is 0 Å². The van der Waals surface area contributed by atoms with Gasteiger partial charge in [-0.2, -0.15) is 17.5 Å². The molecule has 1 saturated heterocycles. The Bertz CT molecular complexity index is 945. The summed E-state index contributed by atoms with van der Waals surface area (Å²) in [7, 11) is -4.20. The van der Waals surface area contributed by atoms with E-state index in [0.29, 0.717) is 12.6 Å². The van der Waals surface area contributed by atoms with Gasteiger partial charge in [0.25, 0.3) is 5.91 Å². The lowest BCUT2D eigenvalue weighted by Gasteiger charge is -2.30. The van der Waals surface area contributed by atoms with Crippen LogP contribution in [0.15, 0.2) is 23.1 Å². The van der Waals surface area contributed by atoms with Gasteiger partial charge in [-0.05, 0) is 43.9 Å². The Morgan fingerprint density at radius 3 is 2.34 bits per heavy atom. The van der Waals surface area contributed by atoms with Crippen molar-refractivity contribution in [1.82, 2.24) is 9.62 Å². The number of alkyl halides is 3. The highest BCUT2D eigenvalue weighted by atomic mass is 35.5. The minimum absolute atomic E-state index is 0.0694. The molecule has 1 atom stereocenters. The molecule has 0 aromatic heterocycles. The summed E-state index contributed by atoms with van der Waals surface area (Å²) >= 11 is 5.56. The molecule has 1 unspecified atom stereocenters. The molecule has 1 aromatic carbocycles. The van der Waals surface area contributed by atoms with E-state index in [1.165, 1.54) is 6.92 Å². The van der Waals surface area contributed by atoms with Crippen LogP contribution in [0.3, 0.4) is 0 Å². The quantitative estimate of drug-likeness (QED) is 0.581. The summed E-state index contributed by atoms with van der Waals surface area (Å²) in [5, 5.41) is 2.07. The van der Waals surface area contributed by atoms with E-state index < -0.39 is 55.6 Å². The molecular weight excluding hydrogens is 473 g/mol. The zero-order chi connectivity index (χ0) is 24.3. The summed E-state index contributed by atoms with van der Waals surface area (Å²) in [6, 6.07) is 2.42. The molecule has 1 aliphatic heterocycles. The topological polar surface area (TPSA) is 92.8 Å². The number of amides is 1. The first-order chi connectivity index (χ1) is 14.7. The third kappa shape index (κ3) is 6.58. The first-order valence-electron chi connectivity index (χ1n) is 10.1. The number of esters is 1. The Labute approximate surface area is 190 Å². The number of halogens is 4. The van der Waals surface area contributed by atoms with Gasteiger partial charge >= 0.3 is 12.1 Å². The van der Waals surface area contributed by atoms with Crippen LogP contribution in [-0.4, -0.2) is 50.3 Å². The second-order valence-corrected chi connectivity index (χ2v) is 10.4. The summed E-state index contributed by atoms with van der Waals surface area (Å²) in [4.78, 5) is 23.8. The van der Waals surface area contributed by atoms with Gasteiger partial charge in [0, 0.05) is 19.6 Å². The number of nitrogens with one attached hydrogen (secondary N) is 1. The number of hydrogen-bond donors (Lipinski definition) is 1. The average Bonchev–Trinajstić information content (AvgIpc) is 2.71. The van der Waals surface area contributed by atoms with Crippen molar-refractivity contribution in [2.45, 2.75) is 50.8 Å². The largest absolute Gasteiger partial charge is 0.452 e. The molecule has 2 rings (SSSR count). The second kappa shape index (κ2) is 10.4. The van der Waals surface area contributed by atoms with E-state index >= 15 is 0 Å². The number of piperidine rings is 1. The molecule has 1 fully saturated rings. The molecule has 0 spiro atoms. The number of ether oxygens (including phenoxy) is 1. The molecule has 1 aliphatic rings. The summed E-state index contributed by atoms with van der Waals surface area (Å²) in [5.74, 6) is -1.41. The fourth-order valence-corrected chi connectivity index (χ4v) is 4.86. The molecule has 180 valence electrons. The maximum atomic E-state index is 13.1. The van der Waals surface area contributed by atoms with E-state index in [4.69, 9.17) is 16.3 Å². The molecular formula is C20H26ClF3N2O5S. The first-order valence-corrected chi connectivity index (χ1v) is 11.9. The fourth-order valence-electron chi connectivity index (χ4n) is 3.14. The Morgan fingerprint density at radius 2 is 1.81 bits per heavy atom. The van der Waals surface area contributed by atoms with Crippen LogP contribution in [0.2, 0.25) is 5.02 Å². The van der Waals surface area contributed by atoms with Gasteiger partial charge in [-0.1, -0.05) is 25.4 Å². The lowest BCUT2D eigenvalue weighted by atomic mass is 9.98. The fraction of sp³-hybridized carbons (Fsp3) is 0.600. The first kappa shape index (κ1) is 26.4. The predicted octanol–water partition coefficient (Wildman–Crippen LogP) is 3.46. The minimum atomic E-state index is -4.79. The summed E-state index contributed by atoms with van der Waals surface area (Å²) in [6.07, 6.45) is -5.54. The number of sulfonamides is 1. The van der Waals surface area contributed by atoms with E-state index in [1.807, 2.05) is 13.8 Å². The van der Waals surface area contributed by atoms with Crippen LogP contribution in [-0.2, 0) is 30.5 Å². The Kier molecular flexibility index (Phi) is 8.57. The molecule has 32 heavy (non-hydrogen) atoms. The normalized spacial score (nSPS) is 17.2. The van der Waals surface area contributed by atoms with E-state index in [0.717, 1.165) is 16.4 Å². The standard InChI is InChI=1S/C20H26ClF3N2O5S/c1-12(2)11-25-18(27)13(3)31-19(28)14-6-8-26(9-7-14)32(29,30)15-4-5-17(21)16(10-15)20(22,23)24/h4-5,10,12-14H,6-9,11H2,1-3H3,(H,25,27). The van der Waals surface area contributed by atoms with Crippen molar-refractivity contribution < 1.29 is 35.9 Å². The smallest absolute Gasteiger partial charge is 0.417 e. The molecule has 1 N–H and O–H groups in total. The lowest BCUT2D eigenvalue weighted by molar-refractivity contribution is -0.159. The number of carbonyl (C=O) groups excluding carboxylic acids is 2. The molecule has 12 heteroatoms. The SMILES string of the molecule is CC(C)CNC(=O)C(C)OC(=O)C1CCN(S(=O)(=O)c2ccc(Cl)c(C(F)(F)F)c2)CC1. The Balaban J connectivity index is 2.00. The highest BCUT2D eigenvalue weighted by Crippen LogP contribution is 2.36. The van der Waals surface area contributed by atoms with Gasteiger partial charge in [-0.3, -0.25) is 9.59 Å². The maximum Gasteiger partial charge on any atom is 0.417 e. The van der Waals surface area contributed by atoms with Gasteiger partial charge in [-0.25, -0.2) is 8.42 Å². The molecule has 1 amide bonds.